The Morgan fingerprint density at radius 2 is 1.81 bits per heavy atom. The lowest BCUT2D eigenvalue weighted by atomic mass is 10.0. The Morgan fingerprint density at radius 1 is 1.05 bits per heavy atom. The predicted molar refractivity (Wildman–Crippen MR) is 82.8 cm³/mol. The van der Waals surface area contributed by atoms with Crippen LogP contribution in [0.2, 0.25) is 0 Å². The number of benzene rings is 2. The number of aromatic nitrogens is 3. The van der Waals surface area contributed by atoms with Gasteiger partial charge < -0.3 is 5.32 Å². The summed E-state index contributed by atoms with van der Waals surface area (Å²) in [6.45, 7) is 5.58. The van der Waals surface area contributed by atoms with Crippen LogP contribution in [0.1, 0.15) is 13.8 Å². The molecule has 1 aromatic heterocycles. The summed E-state index contributed by atoms with van der Waals surface area (Å²) in [5.41, 5.74) is 0.894. The molecule has 0 unspecified atom stereocenters. The summed E-state index contributed by atoms with van der Waals surface area (Å²) in [6, 6.07) is 10.7. The molecule has 0 aliphatic heterocycles. The zero-order valence-corrected chi connectivity index (χ0v) is 12.1. The van der Waals surface area contributed by atoms with Crippen molar-refractivity contribution in [2.24, 2.45) is 0 Å². The fourth-order valence-corrected chi connectivity index (χ4v) is 2.55. The molecule has 5 heteroatoms. The van der Waals surface area contributed by atoms with Gasteiger partial charge >= 0.3 is 0 Å². The molecule has 0 atom stereocenters. The van der Waals surface area contributed by atoms with Crippen LogP contribution in [0.15, 0.2) is 36.4 Å². The first-order valence-electron chi connectivity index (χ1n) is 7.11. The molecule has 1 N–H and O–H groups in total. The van der Waals surface area contributed by atoms with E-state index in [9.17, 15) is 4.39 Å². The van der Waals surface area contributed by atoms with Gasteiger partial charge in [0.1, 0.15) is 5.82 Å². The Hall–Kier alpha value is -2.43. The van der Waals surface area contributed by atoms with Gasteiger partial charge in [0.2, 0.25) is 5.95 Å². The third kappa shape index (κ3) is 2.24. The van der Waals surface area contributed by atoms with Crippen LogP contribution < -0.4 is 5.32 Å². The van der Waals surface area contributed by atoms with E-state index in [1.54, 1.807) is 12.1 Å². The second kappa shape index (κ2) is 5.52. The summed E-state index contributed by atoms with van der Waals surface area (Å²) in [5.74, 6) is 1.27. The number of halogens is 1. The summed E-state index contributed by atoms with van der Waals surface area (Å²) in [6.07, 6.45) is 0. The van der Waals surface area contributed by atoms with Crippen LogP contribution in [0.25, 0.3) is 22.2 Å². The van der Waals surface area contributed by atoms with E-state index >= 15 is 0 Å². The van der Waals surface area contributed by atoms with Gasteiger partial charge in [-0.15, -0.1) is 10.2 Å². The standard InChI is InChI=1S/C16H17FN4/c1-3-18-16-20-19-15(21(16)4-2)13-9-10-14(17)12-8-6-5-7-11(12)13/h5-10H,3-4H2,1-2H3,(H,18,20). The summed E-state index contributed by atoms with van der Waals surface area (Å²) in [7, 11) is 0. The van der Waals surface area contributed by atoms with Crippen LogP contribution in [0.4, 0.5) is 10.3 Å². The molecule has 4 nitrogen and oxygen atoms in total. The first-order chi connectivity index (χ1) is 10.3. The lowest BCUT2D eigenvalue weighted by molar-refractivity contribution is 0.640. The van der Waals surface area contributed by atoms with Crippen LogP contribution in [-0.4, -0.2) is 21.3 Å². The van der Waals surface area contributed by atoms with Crippen molar-refractivity contribution >= 4 is 16.7 Å². The summed E-state index contributed by atoms with van der Waals surface area (Å²) in [5, 5.41) is 13.1. The van der Waals surface area contributed by atoms with E-state index in [0.717, 1.165) is 35.8 Å². The zero-order chi connectivity index (χ0) is 14.8. The van der Waals surface area contributed by atoms with E-state index in [0.29, 0.717) is 5.39 Å². The monoisotopic (exact) mass is 284 g/mol. The molecule has 0 aliphatic rings. The first kappa shape index (κ1) is 13.5. The number of anilines is 1. The van der Waals surface area contributed by atoms with E-state index in [4.69, 9.17) is 0 Å². The summed E-state index contributed by atoms with van der Waals surface area (Å²) >= 11 is 0. The van der Waals surface area contributed by atoms with Crippen molar-refractivity contribution in [3.05, 3.63) is 42.2 Å². The number of hydrogen-bond acceptors (Lipinski definition) is 3. The Morgan fingerprint density at radius 3 is 2.52 bits per heavy atom. The highest BCUT2D eigenvalue weighted by molar-refractivity contribution is 5.95. The third-order valence-electron chi connectivity index (χ3n) is 3.51. The van der Waals surface area contributed by atoms with Crippen molar-refractivity contribution in [1.82, 2.24) is 14.8 Å². The van der Waals surface area contributed by atoms with Crippen LogP contribution in [-0.2, 0) is 6.54 Å². The first-order valence-corrected chi connectivity index (χ1v) is 7.11. The highest BCUT2D eigenvalue weighted by atomic mass is 19.1. The van der Waals surface area contributed by atoms with E-state index in [1.165, 1.54) is 6.07 Å². The minimum Gasteiger partial charge on any atom is -0.355 e. The molecule has 3 rings (SSSR count). The highest BCUT2D eigenvalue weighted by Crippen LogP contribution is 2.30. The van der Waals surface area contributed by atoms with Gasteiger partial charge in [0.05, 0.1) is 0 Å². The molecule has 1 heterocycles. The second-order valence-corrected chi connectivity index (χ2v) is 4.76. The number of rotatable bonds is 4. The summed E-state index contributed by atoms with van der Waals surface area (Å²) in [4.78, 5) is 0. The van der Waals surface area contributed by atoms with E-state index in [1.807, 2.05) is 36.6 Å². The van der Waals surface area contributed by atoms with Gasteiger partial charge in [-0.05, 0) is 31.4 Å². The van der Waals surface area contributed by atoms with Gasteiger partial charge in [-0.25, -0.2) is 4.39 Å². The predicted octanol–water partition coefficient (Wildman–Crippen LogP) is 3.69. The molecule has 3 aromatic rings. The van der Waals surface area contributed by atoms with Crippen LogP contribution in [0.3, 0.4) is 0 Å². The lowest BCUT2D eigenvalue weighted by Crippen LogP contribution is -2.07. The van der Waals surface area contributed by atoms with E-state index in [2.05, 4.69) is 15.5 Å². The maximum absolute atomic E-state index is 13.9. The van der Waals surface area contributed by atoms with Crippen molar-refractivity contribution in [3.63, 3.8) is 0 Å². The Bertz CT molecular complexity index is 779. The fraction of sp³-hybridized carbons (Fsp3) is 0.250. The molecule has 0 saturated carbocycles. The Balaban J connectivity index is 2.24. The van der Waals surface area contributed by atoms with Crippen molar-refractivity contribution < 1.29 is 4.39 Å². The SMILES string of the molecule is CCNc1nnc(-c2ccc(F)c3ccccc23)n1CC. The summed E-state index contributed by atoms with van der Waals surface area (Å²) < 4.78 is 15.9. The topological polar surface area (TPSA) is 42.7 Å². The fourth-order valence-electron chi connectivity index (χ4n) is 2.55. The molecule has 0 bridgehead atoms. The molecule has 21 heavy (non-hydrogen) atoms. The molecule has 2 aromatic carbocycles. The molecular weight excluding hydrogens is 267 g/mol. The molecule has 0 spiro atoms. The number of nitrogens with one attached hydrogen (secondary N) is 1. The molecule has 0 aliphatic carbocycles. The van der Waals surface area contributed by atoms with Crippen LogP contribution >= 0.6 is 0 Å². The Labute approximate surface area is 122 Å². The van der Waals surface area contributed by atoms with E-state index in [-0.39, 0.29) is 5.82 Å². The normalized spacial score (nSPS) is 11.0. The molecular formula is C16H17FN4. The van der Waals surface area contributed by atoms with Gasteiger partial charge in [-0.3, -0.25) is 4.57 Å². The second-order valence-electron chi connectivity index (χ2n) is 4.76. The van der Waals surface area contributed by atoms with Gasteiger partial charge in [0.25, 0.3) is 0 Å². The van der Waals surface area contributed by atoms with Crippen LogP contribution in [0, 0.1) is 5.82 Å². The zero-order valence-electron chi connectivity index (χ0n) is 12.1. The molecule has 108 valence electrons. The third-order valence-corrected chi connectivity index (χ3v) is 3.51. The quantitative estimate of drug-likeness (QED) is 0.794. The average Bonchev–Trinajstić information content (AvgIpc) is 2.91. The van der Waals surface area contributed by atoms with Crippen molar-refractivity contribution in [2.45, 2.75) is 20.4 Å². The van der Waals surface area contributed by atoms with Crippen molar-refractivity contribution in [1.29, 1.82) is 0 Å². The maximum Gasteiger partial charge on any atom is 0.224 e. The van der Waals surface area contributed by atoms with Gasteiger partial charge in [-0.2, -0.15) is 0 Å². The number of fused-ring (bicyclic) bond motifs is 1. The number of nitrogens with zero attached hydrogens (tertiary/aromatic N) is 3. The van der Waals surface area contributed by atoms with Gasteiger partial charge in [0.15, 0.2) is 5.82 Å². The van der Waals surface area contributed by atoms with Crippen molar-refractivity contribution in [3.8, 4) is 11.4 Å². The lowest BCUT2D eigenvalue weighted by Gasteiger charge is -2.10. The number of hydrogen-bond donors (Lipinski definition) is 1. The molecule has 0 saturated heterocycles. The molecule has 0 amide bonds. The van der Waals surface area contributed by atoms with Gasteiger partial charge in [-0.1, -0.05) is 24.3 Å². The van der Waals surface area contributed by atoms with E-state index < -0.39 is 0 Å². The minimum atomic E-state index is -0.219. The Kier molecular flexibility index (Phi) is 3.56. The smallest absolute Gasteiger partial charge is 0.224 e. The highest BCUT2D eigenvalue weighted by Gasteiger charge is 2.15. The maximum atomic E-state index is 13.9. The largest absolute Gasteiger partial charge is 0.355 e. The van der Waals surface area contributed by atoms with Gasteiger partial charge in [0, 0.05) is 24.0 Å². The average molecular weight is 284 g/mol. The minimum absolute atomic E-state index is 0.219. The molecule has 0 radical (unpaired) electrons. The van der Waals surface area contributed by atoms with Crippen LogP contribution in [0.5, 0.6) is 0 Å². The molecule has 0 fully saturated rings. The van der Waals surface area contributed by atoms with Crippen molar-refractivity contribution in [2.75, 3.05) is 11.9 Å².